The predicted molar refractivity (Wildman–Crippen MR) is 61.2 cm³/mol. The van der Waals surface area contributed by atoms with Gasteiger partial charge >= 0.3 is 6.61 Å². The molecule has 0 spiro atoms. The van der Waals surface area contributed by atoms with Crippen molar-refractivity contribution in [3.63, 3.8) is 0 Å². The molecular weight excluding hydrogens is 242 g/mol. The topological polar surface area (TPSA) is 44.1 Å². The van der Waals surface area contributed by atoms with Crippen LogP contribution >= 0.6 is 0 Å². The lowest BCUT2D eigenvalue weighted by Gasteiger charge is -2.08. The van der Waals surface area contributed by atoms with Gasteiger partial charge in [0.2, 0.25) is 0 Å². The summed E-state index contributed by atoms with van der Waals surface area (Å²) in [4.78, 5) is 15.7. The van der Waals surface area contributed by atoms with Gasteiger partial charge in [-0.25, -0.2) is 0 Å². The molecule has 6 heteroatoms. The van der Waals surface area contributed by atoms with E-state index in [2.05, 4.69) is 9.72 Å². The van der Waals surface area contributed by atoms with Gasteiger partial charge in [-0.05, 0) is 25.1 Å². The number of rotatable bonds is 3. The number of ether oxygens (including phenoxy) is 1. The SMILES string of the molecule is Cc1ccc(-n2cc(OC(F)F)ccc2=O)cn1. The zero-order chi connectivity index (χ0) is 13.1. The van der Waals surface area contributed by atoms with Gasteiger partial charge in [0.15, 0.2) is 0 Å². The van der Waals surface area contributed by atoms with Crippen molar-refractivity contribution in [2.75, 3.05) is 0 Å². The minimum atomic E-state index is -2.92. The first-order chi connectivity index (χ1) is 8.56. The summed E-state index contributed by atoms with van der Waals surface area (Å²) in [5.74, 6) is -0.0785. The van der Waals surface area contributed by atoms with E-state index in [9.17, 15) is 13.6 Å². The lowest BCUT2D eigenvalue weighted by Crippen LogP contribution is -2.17. The second kappa shape index (κ2) is 4.95. The van der Waals surface area contributed by atoms with Crippen LogP contribution in [0, 0.1) is 6.92 Å². The van der Waals surface area contributed by atoms with Gasteiger partial charge in [-0.1, -0.05) is 0 Å². The number of nitrogens with zero attached hydrogens (tertiary/aromatic N) is 2. The molecule has 0 aliphatic heterocycles. The van der Waals surface area contributed by atoms with E-state index in [4.69, 9.17) is 0 Å². The van der Waals surface area contributed by atoms with Crippen LogP contribution in [-0.4, -0.2) is 16.2 Å². The molecule has 0 aliphatic carbocycles. The molecule has 94 valence electrons. The Hall–Kier alpha value is -2.24. The summed E-state index contributed by atoms with van der Waals surface area (Å²) in [5, 5.41) is 0. The lowest BCUT2D eigenvalue weighted by atomic mass is 10.3. The Morgan fingerprint density at radius 1 is 1.28 bits per heavy atom. The average Bonchev–Trinajstić information content (AvgIpc) is 2.32. The van der Waals surface area contributed by atoms with Crippen LogP contribution in [0.3, 0.4) is 0 Å². The molecule has 0 N–H and O–H groups in total. The summed E-state index contributed by atoms with van der Waals surface area (Å²) in [6, 6.07) is 5.77. The fourth-order valence-electron chi connectivity index (χ4n) is 1.44. The Bertz CT molecular complexity index is 594. The molecule has 18 heavy (non-hydrogen) atoms. The Labute approximate surface area is 101 Å². The molecule has 0 bridgehead atoms. The normalized spacial score (nSPS) is 10.7. The van der Waals surface area contributed by atoms with Crippen LogP contribution < -0.4 is 10.3 Å². The Morgan fingerprint density at radius 2 is 2.06 bits per heavy atom. The highest BCUT2D eigenvalue weighted by atomic mass is 19.3. The van der Waals surface area contributed by atoms with Crippen molar-refractivity contribution in [1.82, 2.24) is 9.55 Å². The van der Waals surface area contributed by atoms with Gasteiger partial charge in [-0.2, -0.15) is 8.78 Å². The third-order valence-corrected chi connectivity index (χ3v) is 2.28. The van der Waals surface area contributed by atoms with E-state index < -0.39 is 6.61 Å². The minimum Gasteiger partial charge on any atom is -0.433 e. The van der Waals surface area contributed by atoms with Crippen LogP contribution in [0.1, 0.15) is 5.69 Å². The summed E-state index contributed by atoms with van der Waals surface area (Å²) in [6.45, 7) is -1.12. The average molecular weight is 252 g/mol. The van der Waals surface area contributed by atoms with Crippen molar-refractivity contribution in [1.29, 1.82) is 0 Å². The zero-order valence-corrected chi connectivity index (χ0v) is 9.51. The minimum absolute atomic E-state index is 0.0785. The van der Waals surface area contributed by atoms with Crippen molar-refractivity contribution in [3.05, 3.63) is 52.7 Å². The van der Waals surface area contributed by atoms with Gasteiger partial charge in [0.1, 0.15) is 5.75 Å². The smallest absolute Gasteiger partial charge is 0.387 e. The first-order valence-electron chi connectivity index (χ1n) is 5.17. The van der Waals surface area contributed by atoms with Crippen LogP contribution in [0.15, 0.2) is 41.5 Å². The number of hydrogen-bond acceptors (Lipinski definition) is 3. The van der Waals surface area contributed by atoms with Gasteiger partial charge < -0.3 is 4.74 Å². The summed E-state index contributed by atoms with van der Waals surface area (Å²) in [7, 11) is 0. The van der Waals surface area contributed by atoms with Gasteiger partial charge in [-0.15, -0.1) is 0 Å². The molecule has 4 nitrogen and oxygen atoms in total. The predicted octanol–water partition coefficient (Wildman–Crippen LogP) is 2.14. The second-order valence-electron chi connectivity index (χ2n) is 3.61. The Kier molecular flexibility index (Phi) is 3.36. The van der Waals surface area contributed by atoms with E-state index in [1.54, 1.807) is 12.1 Å². The Morgan fingerprint density at radius 3 is 2.67 bits per heavy atom. The first-order valence-corrected chi connectivity index (χ1v) is 5.17. The molecule has 0 saturated carbocycles. The lowest BCUT2D eigenvalue weighted by molar-refractivity contribution is -0.0502. The third-order valence-electron chi connectivity index (χ3n) is 2.28. The van der Waals surface area contributed by atoms with Crippen LogP contribution in [0.4, 0.5) is 8.78 Å². The van der Waals surface area contributed by atoms with Crippen molar-refractivity contribution >= 4 is 0 Å². The fourth-order valence-corrected chi connectivity index (χ4v) is 1.44. The molecule has 0 unspecified atom stereocenters. The summed E-state index contributed by atoms with van der Waals surface area (Å²) < 4.78 is 29.6. The zero-order valence-electron chi connectivity index (χ0n) is 9.51. The maximum absolute atomic E-state index is 12.1. The largest absolute Gasteiger partial charge is 0.433 e. The van der Waals surface area contributed by atoms with Crippen LogP contribution in [0.25, 0.3) is 5.69 Å². The van der Waals surface area contributed by atoms with Gasteiger partial charge in [-0.3, -0.25) is 14.3 Å². The van der Waals surface area contributed by atoms with Gasteiger partial charge in [0, 0.05) is 11.8 Å². The maximum Gasteiger partial charge on any atom is 0.387 e. The highest BCUT2D eigenvalue weighted by molar-refractivity contribution is 5.32. The third kappa shape index (κ3) is 2.71. The quantitative estimate of drug-likeness (QED) is 0.840. The van der Waals surface area contributed by atoms with Gasteiger partial charge in [0.05, 0.1) is 18.1 Å². The molecule has 2 rings (SSSR count). The summed E-state index contributed by atoms with van der Waals surface area (Å²) in [6.07, 6.45) is 2.70. The molecule has 2 aromatic rings. The van der Waals surface area contributed by atoms with Crippen LogP contribution in [0.2, 0.25) is 0 Å². The van der Waals surface area contributed by atoms with Crippen molar-refractivity contribution in [3.8, 4) is 11.4 Å². The summed E-state index contributed by atoms with van der Waals surface area (Å²) >= 11 is 0. The van der Waals surface area contributed by atoms with Crippen molar-refractivity contribution in [2.45, 2.75) is 13.5 Å². The molecule has 2 heterocycles. The molecule has 0 radical (unpaired) electrons. The number of alkyl halides is 2. The molecule has 0 aromatic carbocycles. The number of hydrogen-bond donors (Lipinski definition) is 0. The molecule has 0 fully saturated rings. The van der Waals surface area contributed by atoms with E-state index in [0.29, 0.717) is 5.69 Å². The van der Waals surface area contributed by atoms with E-state index in [-0.39, 0.29) is 11.3 Å². The van der Waals surface area contributed by atoms with Crippen LogP contribution in [-0.2, 0) is 0 Å². The monoisotopic (exact) mass is 252 g/mol. The molecule has 0 saturated heterocycles. The standard InChI is InChI=1S/C12H10F2N2O2/c1-8-2-3-9(6-15-8)16-7-10(18-12(13)14)4-5-11(16)17/h2-7,12H,1H3. The van der Waals surface area contributed by atoms with Gasteiger partial charge in [0.25, 0.3) is 5.56 Å². The second-order valence-corrected chi connectivity index (χ2v) is 3.61. The van der Waals surface area contributed by atoms with Crippen molar-refractivity contribution in [2.24, 2.45) is 0 Å². The van der Waals surface area contributed by atoms with E-state index in [1.165, 1.54) is 23.0 Å². The Balaban J connectivity index is 2.43. The van der Waals surface area contributed by atoms with Crippen molar-refractivity contribution < 1.29 is 13.5 Å². The first kappa shape index (κ1) is 12.2. The highest BCUT2D eigenvalue weighted by Crippen LogP contribution is 2.13. The number of aryl methyl sites for hydroxylation is 1. The van der Waals surface area contributed by atoms with E-state index >= 15 is 0 Å². The van der Waals surface area contributed by atoms with E-state index in [1.807, 2.05) is 6.92 Å². The van der Waals surface area contributed by atoms with Crippen LogP contribution in [0.5, 0.6) is 5.75 Å². The molecule has 2 aromatic heterocycles. The highest BCUT2D eigenvalue weighted by Gasteiger charge is 2.07. The molecule has 0 atom stereocenters. The molecule has 0 amide bonds. The maximum atomic E-state index is 12.1. The molecule has 0 aliphatic rings. The number of halogens is 2. The fraction of sp³-hybridized carbons (Fsp3) is 0.167. The summed E-state index contributed by atoms with van der Waals surface area (Å²) in [5.41, 5.74) is 0.944. The molecular formula is C12H10F2N2O2. The van der Waals surface area contributed by atoms with E-state index in [0.717, 1.165) is 11.8 Å². The number of aromatic nitrogens is 2. The number of pyridine rings is 2.